The maximum absolute atomic E-state index is 12.1. The maximum Gasteiger partial charge on any atom is 0.410 e. The van der Waals surface area contributed by atoms with E-state index in [4.69, 9.17) is 25.8 Å². The summed E-state index contributed by atoms with van der Waals surface area (Å²) in [5.41, 5.74) is 0.564. The first-order valence-corrected chi connectivity index (χ1v) is 9.46. The zero-order valence-corrected chi connectivity index (χ0v) is 16.4. The van der Waals surface area contributed by atoms with E-state index in [1.165, 1.54) is 0 Å². The van der Waals surface area contributed by atoms with E-state index in [9.17, 15) is 4.79 Å². The molecule has 0 spiro atoms. The van der Waals surface area contributed by atoms with Gasteiger partial charge in [0.25, 0.3) is 0 Å². The van der Waals surface area contributed by atoms with Gasteiger partial charge < -0.3 is 24.4 Å². The lowest BCUT2D eigenvalue weighted by molar-refractivity contribution is 0.0184. The summed E-state index contributed by atoms with van der Waals surface area (Å²) in [6, 6.07) is 3.69. The number of rotatable bonds is 4. The van der Waals surface area contributed by atoms with Crippen LogP contribution in [-0.4, -0.2) is 43.0 Å². The average molecular weight is 383 g/mol. The van der Waals surface area contributed by atoms with E-state index in [1.54, 1.807) is 11.0 Å². The van der Waals surface area contributed by atoms with Gasteiger partial charge in [-0.05, 0) is 52.1 Å². The highest BCUT2D eigenvalue weighted by atomic mass is 35.5. The number of carbonyl (C=O) groups excluding carboxylic acids is 1. The van der Waals surface area contributed by atoms with Crippen molar-refractivity contribution in [3.8, 4) is 11.5 Å². The Hall–Kier alpha value is -1.66. The largest absolute Gasteiger partial charge is 0.454 e. The van der Waals surface area contributed by atoms with Gasteiger partial charge in [-0.3, -0.25) is 0 Å². The number of hydrogen-bond acceptors (Lipinski definition) is 5. The number of amides is 1. The molecule has 1 N–H and O–H groups in total. The topological polar surface area (TPSA) is 60.0 Å². The molecule has 7 heteroatoms. The van der Waals surface area contributed by atoms with Crippen molar-refractivity contribution in [2.45, 2.75) is 45.8 Å². The Bertz CT molecular complexity index is 652. The summed E-state index contributed by atoms with van der Waals surface area (Å²) in [4.78, 5) is 13.9. The van der Waals surface area contributed by atoms with Crippen LogP contribution in [0.3, 0.4) is 0 Å². The Kier molecular flexibility index (Phi) is 5.82. The summed E-state index contributed by atoms with van der Waals surface area (Å²) in [7, 11) is 0. The summed E-state index contributed by atoms with van der Waals surface area (Å²) in [5, 5.41) is 4.13. The van der Waals surface area contributed by atoms with Crippen molar-refractivity contribution in [2.75, 3.05) is 26.4 Å². The number of hydrogen-bond donors (Lipinski definition) is 1. The van der Waals surface area contributed by atoms with Crippen molar-refractivity contribution in [3.63, 3.8) is 0 Å². The van der Waals surface area contributed by atoms with Gasteiger partial charge in [-0.15, -0.1) is 0 Å². The normalized spacial score (nSPS) is 17.5. The van der Waals surface area contributed by atoms with E-state index >= 15 is 0 Å². The number of nitrogens with zero attached hydrogens (tertiary/aromatic N) is 1. The van der Waals surface area contributed by atoms with Gasteiger partial charge in [0.2, 0.25) is 6.79 Å². The molecule has 1 saturated heterocycles. The molecule has 0 aliphatic carbocycles. The Morgan fingerprint density at radius 1 is 1.31 bits per heavy atom. The smallest absolute Gasteiger partial charge is 0.410 e. The predicted molar refractivity (Wildman–Crippen MR) is 99.8 cm³/mol. The maximum atomic E-state index is 12.1. The van der Waals surface area contributed by atoms with Gasteiger partial charge in [0, 0.05) is 36.3 Å². The van der Waals surface area contributed by atoms with Crippen LogP contribution in [0.4, 0.5) is 4.79 Å². The lowest BCUT2D eigenvalue weighted by atomic mass is 9.97. The van der Waals surface area contributed by atoms with Gasteiger partial charge in [-0.1, -0.05) is 11.6 Å². The van der Waals surface area contributed by atoms with Gasteiger partial charge in [0.15, 0.2) is 11.5 Å². The second kappa shape index (κ2) is 7.92. The quantitative estimate of drug-likeness (QED) is 0.858. The summed E-state index contributed by atoms with van der Waals surface area (Å²) < 4.78 is 16.4. The molecule has 1 fully saturated rings. The fourth-order valence-corrected chi connectivity index (χ4v) is 3.46. The standard InChI is InChI=1S/C19H27ClN2O4/c1-19(2,3)26-18(23)22-6-4-13(5-7-22)10-21-11-14-8-15(20)9-16-17(14)25-12-24-16/h8-9,13,21H,4-7,10-12H2,1-3H3. The molecule has 1 aromatic rings. The second-order valence-corrected chi connectivity index (χ2v) is 8.28. The zero-order chi connectivity index (χ0) is 18.7. The highest BCUT2D eigenvalue weighted by molar-refractivity contribution is 6.30. The molecule has 0 saturated carbocycles. The minimum Gasteiger partial charge on any atom is -0.454 e. The first-order chi connectivity index (χ1) is 12.3. The summed E-state index contributed by atoms with van der Waals surface area (Å²) in [6.45, 7) is 8.97. The molecule has 1 amide bonds. The molecule has 1 aromatic carbocycles. The first kappa shape index (κ1) is 19.1. The second-order valence-electron chi connectivity index (χ2n) is 7.84. The molecule has 26 heavy (non-hydrogen) atoms. The molecule has 3 rings (SSSR count). The van der Waals surface area contributed by atoms with Crippen LogP contribution in [0.1, 0.15) is 39.2 Å². The number of likely N-dealkylation sites (tertiary alicyclic amines) is 1. The summed E-state index contributed by atoms with van der Waals surface area (Å²) in [5.74, 6) is 2.03. The summed E-state index contributed by atoms with van der Waals surface area (Å²) in [6.07, 6.45) is 1.73. The van der Waals surface area contributed by atoms with Crippen LogP contribution >= 0.6 is 11.6 Å². The van der Waals surface area contributed by atoms with Crippen LogP contribution in [-0.2, 0) is 11.3 Å². The zero-order valence-electron chi connectivity index (χ0n) is 15.6. The molecular weight excluding hydrogens is 356 g/mol. The third-order valence-electron chi connectivity index (χ3n) is 4.53. The lowest BCUT2D eigenvalue weighted by Gasteiger charge is -2.33. The van der Waals surface area contributed by atoms with Crippen LogP contribution in [0.15, 0.2) is 12.1 Å². The van der Waals surface area contributed by atoms with Crippen LogP contribution in [0, 0.1) is 5.92 Å². The van der Waals surface area contributed by atoms with E-state index in [1.807, 2.05) is 26.8 Å². The van der Waals surface area contributed by atoms with Gasteiger partial charge in [-0.25, -0.2) is 4.79 Å². The number of fused-ring (bicyclic) bond motifs is 1. The molecule has 2 heterocycles. The van der Waals surface area contributed by atoms with E-state index in [0.29, 0.717) is 23.2 Å². The van der Waals surface area contributed by atoms with Crippen molar-refractivity contribution >= 4 is 17.7 Å². The van der Waals surface area contributed by atoms with Crippen molar-refractivity contribution in [1.82, 2.24) is 10.2 Å². The monoisotopic (exact) mass is 382 g/mol. The molecule has 6 nitrogen and oxygen atoms in total. The highest BCUT2D eigenvalue weighted by Gasteiger charge is 2.27. The molecule has 144 valence electrons. The Labute approximate surface area is 159 Å². The lowest BCUT2D eigenvalue weighted by Crippen LogP contribution is -2.43. The average Bonchev–Trinajstić information content (AvgIpc) is 3.02. The van der Waals surface area contributed by atoms with Crippen molar-refractivity contribution in [3.05, 3.63) is 22.7 Å². The van der Waals surface area contributed by atoms with Gasteiger partial charge in [0.05, 0.1) is 0 Å². The number of nitrogens with one attached hydrogen (secondary N) is 1. The Morgan fingerprint density at radius 3 is 2.73 bits per heavy atom. The van der Waals surface area contributed by atoms with Crippen molar-refractivity contribution in [2.24, 2.45) is 5.92 Å². The van der Waals surface area contributed by atoms with Gasteiger partial charge in [0.1, 0.15) is 5.60 Å². The first-order valence-electron chi connectivity index (χ1n) is 9.08. The molecule has 0 aromatic heterocycles. The van der Waals surface area contributed by atoms with Crippen LogP contribution in [0.2, 0.25) is 5.02 Å². The minimum atomic E-state index is -0.446. The molecule has 0 atom stereocenters. The minimum absolute atomic E-state index is 0.212. The third-order valence-corrected chi connectivity index (χ3v) is 4.75. The Morgan fingerprint density at radius 2 is 2.04 bits per heavy atom. The molecular formula is C19H27ClN2O4. The number of benzene rings is 1. The number of halogens is 1. The molecule has 0 bridgehead atoms. The van der Waals surface area contributed by atoms with Crippen LogP contribution in [0.25, 0.3) is 0 Å². The fraction of sp³-hybridized carbons (Fsp3) is 0.632. The molecule has 0 unspecified atom stereocenters. The van der Waals surface area contributed by atoms with Crippen LogP contribution in [0.5, 0.6) is 11.5 Å². The molecule has 0 radical (unpaired) electrons. The number of carbonyl (C=O) groups is 1. The SMILES string of the molecule is CC(C)(C)OC(=O)N1CCC(CNCc2cc(Cl)cc3c2OCO3)CC1. The van der Waals surface area contributed by atoms with E-state index in [-0.39, 0.29) is 12.9 Å². The van der Waals surface area contributed by atoms with Gasteiger partial charge >= 0.3 is 6.09 Å². The molecule has 2 aliphatic rings. The number of piperidine rings is 1. The van der Waals surface area contributed by atoms with Crippen molar-refractivity contribution in [1.29, 1.82) is 0 Å². The third kappa shape index (κ3) is 4.95. The number of ether oxygens (including phenoxy) is 3. The summed E-state index contributed by atoms with van der Waals surface area (Å²) >= 11 is 6.13. The van der Waals surface area contributed by atoms with E-state index in [2.05, 4.69) is 5.32 Å². The van der Waals surface area contributed by atoms with Crippen LogP contribution < -0.4 is 14.8 Å². The highest BCUT2D eigenvalue weighted by Crippen LogP contribution is 2.38. The Balaban J connectivity index is 1.43. The van der Waals surface area contributed by atoms with Gasteiger partial charge in [-0.2, -0.15) is 0 Å². The molecule has 2 aliphatic heterocycles. The van der Waals surface area contributed by atoms with E-state index in [0.717, 1.165) is 43.8 Å². The fourth-order valence-electron chi connectivity index (χ4n) is 3.23. The van der Waals surface area contributed by atoms with Crippen molar-refractivity contribution < 1.29 is 19.0 Å². The predicted octanol–water partition coefficient (Wildman–Crippen LogP) is 3.81. The van der Waals surface area contributed by atoms with E-state index < -0.39 is 5.60 Å².